The number of hydrogen-bond donors (Lipinski definition) is 1. The Kier molecular flexibility index (Phi) is 6.14. The lowest BCUT2D eigenvalue weighted by atomic mass is 10.3. The highest BCUT2D eigenvalue weighted by atomic mass is 32.1. The number of piperazine rings is 1. The Morgan fingerprint density at radius 3 is 2.83 bits per heavy atom. The van der Waals surface area contributed by atoms with Crippen molar-refractivity contribution in [3.8, 4) is 0 Å². The average Bonchev–Trinajstić information content (AvgIpc) is 3.01. The molecule has 0 aliphatic carbocycles. The number of nitrogens with zero attached hydrogens (tertiary/aromatic N) is 3. The maximum absolute atomic E-state index is 12.1. The van der Waals surface area contributed by atoms with Crippen LogP contribution in [0.25, 0.3) is 10.2 Å². The molecule has 3 rings (SSSR count). The van der Waals surface area contributed by atoms with E-state index in [1.54, 1.807) is 18.4 Å². The van der Waals surface area contributed by atoms with Gasteiger partial charge in [-0.1, -0.05) is 12.1 Å². The minimum absolute atomic E-state index is 0.172. The van der Waals surface area contributed by atoms with E-state index in [2.05, 4.69) is 28.4 Å². The fourth-order valence-corrected chi connectivity index (χ4v) is 3.83. The summed E-state index contributed by atoms with van der Waals surface area (Å²) in [5, 5.41) is 4.26. The normalized spacial score (nSPS) is 16.0. The van der Waals surface area contributed by atoms with Gasteiger partial charge in [0, 0.05) is 39.8 Å². The Hall–Kier alpha value is -1.54. The number of fused-ring (bicyclic) bond motifs is 1. The lowest BCUT2D eigenvalue weighted by molar-refractivity contribution is -0.132. The molecule has 0 atom stereocenters. The molecule has 1 amide bonds. The smallest absolute Gasteiger partial charge is 0.236 e. The van der Waals surface area contributed by atoms with E-state index in [-0.39, 0.29) is 5.91 Å². The molecule has 0 bridgehead atoms. The molecular weight excluding hydrogens is 324 g/mol. The number of carbonyl (C=O) groups is 1. The van der Waals surface area contributed by atoms with Crippen molar-refractivity contribution < 1.29 is 9.53 Å². The summed E-state index contributed by atoms with van der Waals surface area (Å²) in [6, 6.07) is 8.25. The number of nitrogens with one attached hydrogen (secondary N) is 1. The van der Waals surface area contributed by atoms with Crippen molar-refractivity contribution in [1.29, 1.82) is 0 Å². The number of carbonyl (C=O) groups excluding carboxylic acids is 1. The fraction of sp³-hybridized carbons (Fsp3) is 0.529. The van der Waals surface area contributed by atoms with Crippen molar-refractivity contribution in [3.63, 3.8) is 0 Å². The quantitative estimate of drug-likeness (QED) is 0.762. The van der Waals surface area contributed by atoms with Crippen molar-refractivity contribution in [2.45, 2.75) is 6.54 Å². The van der Waals surface area contributed by atoms with Crippen LogP contribution in [0.2, 0.25) is 0 Å². The monoisotopic (exact) mass is 348 g/mol. The zero-order valence-corrected chi connectivity index (χ0v) is 14.8. The second-order valence-electron chi connectivity index (χ2n) is 5.90. The minimum Gasteiger partial charge on any atom is -0.383 e. The van der Waals surface area contributed by atoms with E-state index in [0.717, 1.165) is 43.2 Å². The van der Waals surface area contributed by atoms with Gasteiger partial charge in [0.2, 0.25) is 5.91 Å². The molecule has 0 radical (unpaired) electrons. The molecule has 2 aromatic rings. The fourth-order valence-electron chi connectivity index (χ4n) is 2.82. The molecule has 7 heteroatoms. The summed E-state index contributed by atoms with van der Waals surface area (Å²) in [5.41, 5.74) is 1.08. The standard InChI is InChI=1S/C17H24N4O2S/c1-23-11-6-18-12-17(22)21-9-7-20(8-10-21)13-16-19-14-4-2-3-5-15(14)24-16/h2-5,18H,6-13H2,1H3. The zero-order chi connectivity index (χ0) is 16.8. The average molecular weight is 348 g/mol. The maximum atomic E-state index is 12.1. The molecule has 1 aliphatic heterocycles. The third-order valence-electron chi connectivity index (χ3n) is 4.18. The highest BCUT2D eigenvalue weighted by Crippen LogP contribution is 2.22. The molecule has 0 spiro atoms. The molecule has 0 unspecified atom stereocenters. The predicted octanol–water partition coefficient (Wildman–Crippen LogP) is 1.18. The molecule has 2 heterocycles. The van der Waals surface area contributed by atoms with Crippen LogP contribution >= 0.6 is 11.3 Å². The number of hydrogen-bond acceptors (Lipinski definition) is 6. The summed E-state index contributed by atoms with van der Waals surface area (Å²) in [6.07, 6.45) is 0. The van der Waals surface area contributed by atoms with Crippen LogP contribution in [0.5, 0.6) is 0 Å². The number of para-hydroxylation sites is 1. The first-order valence-corrected chi connectivity index (χ1v) is 9.12. The zero-order valence-electron chi connectivity index (χ0n) is 14.0. The van der Waals surface area contributed by atoms with Gasteiger partial charge in [-0.05, 0) is 12.1 Å². The molecule has 1 saturated heterocycles. The Morgan fingerprint density at radius 1 is 1.29 bits per heavy atom. The van der Waals surface area contributed by atoms with E-state index in [0.29, 0.717) is 19.7 Å². The summed E-state index contributed by atoms with van der Waals surface area (Å²) in [4.78, 5) is 21.1. The first kappa shape index (κ1) is 17.3. The van der Waals surface area contributed by atoms with E-state index in [1.165, 1.54) is 4.70 Å². The van der Waals surface area contributed by atoms with Gasteiger partial charge in [-0.15, -0.1) is 11.3 Å². The molecule has 1 aromatic carbocycles. The minimum atomic E-state index is 0.172. The van der Waals surface area contributed by atoms with Gasteiger partial charge in [-0.25, -0.2) is 4.98 Å². The Balaban J connectivity index is 1.44. The molecule has 1 fully saturated rings. The molecule has 1 aromatic heterocycles. The first-order chi connectivity index (χ1) is 11.8. The van der Waals surface area contributed by atoms with Crippen molar-refractivity contribution in [2.75, 3.05) is 53.0 Å². The number of thiazole rings is 1. The molecular formula is C17H24N4O2S. The van der Waals surface area contributed by atoms with Crippen LogP contribution in [0.4, 0.5) is 0 Å². The van der Waals surface area contributed by atoms with Crippen LogP contribution in [0.15, 0.2) is 24.3 Å². The maximum Gasteiger partial charge on any atom is 0.236 e. The molecule has 0 saturated carbocycles. The lowest BCUT2D eigenvalue weighted by Gasteiger charge is -2.34. The summed E-state index contributed by atoms with van der Waals surface area (Å²) in [6.45, 7) is 5.97. The highest BCUT2D eigenvalue weighted by molar-refractivity contribution is 7.18. The van der Waals surface area contributed by atoms with E-state index >= 15 is 0 Å². The topological polar surface area (TPSA) is 57.7 Å². The van der Waals surface area contributed by atoms with Gasteiger partial charge in [-0.2, -0.15) is 0 Å². The third kappa shape index (κ3) is 4.51. The largest absolute Gasteiger partial charge is 0.383 e. The van der Waals surface area contributed by atoms with E-state index in [1.807, 2.05) is 11.0 Å². The number of benzene rings is 1. The van der Waals surface area contributed by atoms with Crippen LogP contribution < -0.4 is 5.32 Å². The van der Waals surface area contributed by atoms with Crippen LogP contribution in [0.1, 0.15) is 5.01 Å². The molecule has 6 nitrogen and oxygen atoms in total. The number of rotatable bonds is 7. The van der Waals surface area contributed by atoms with E-state index < -0.39 is 0 Å². The predicted molar refractivity (Wildman–Crippen MR) is 96.2 cm³/mol. The van der Waals surface area contributed by atoms with Gasteiger partial charge in [0.1, 0.15) is 5.01 Å². The van der Waals surface area contributed by atoms with Crippen molar-refractivity contribution in [3.05, 3.63) is 29.3 Å². The van der Waals surface area contributed by atoms with Gasteiger partial charge >= 0.3 is 0 Å². The van der Waals surface area contributed by atoms with Crippen LogP contribution in [0, 0.1) is 0 Å². The highest BCUT2D eigenvalue weighted by Gasteiger charge is 2.21. The third-order valence-corrected chi connectivity index (χ3v) is 5.20. The SMILES string of the molecule is COCCNCC(=O)N1CCN(Cc2nc3ccccc3s2)CC1. The van der Waals surface area contributed by atoms with Crippen molar-refractivity contribution in [1.82, 2.24) is 20.1 Å². The first-order valence-electron chi connectivity index (χ1n) is 8.30. The van der Waals surface area contributed by atoms with E-state index in [9.17, 15) is 4.79 Å². The van der Waals surface area contributed by atoms with Gasteiger partial charge < -0.3 is 15.0 Å². The molecule has 1 N–H and O–H groups in total. The summed E-state index contributed by atoms with van der Waals surface area (Å²) in [7, 11) is 1.66. The Morgan fingerprint density at radius 2 is 2.08 bits per heavy atom. The number of amides is 1. The molecule has 1 aliphatic rings. The second-order valence-corrected chi connectivity index (χ2v) is 7.02. The van der Waals surface area contributed by atoms with Gasteiger partial charge in [0.05, 0.1) is 29.9 Å². The number of methoxy groups -OCH3 is 1. The van der Waals surface area contributed by atoms with Crippen LogP contribution in [-0.4, -0.2) is 73.7 Å². The van der Waals surface area contributed by atoms with Crippen molar-refractivity contribution in [2.24, 2.45) is 0 Å². The molecule has 24 heavy (non-hydrogen) atoms. The summed E-state index contributed by atoms with van der Waals surface area (Å²) in [5.74, 6) is 0.172. The van der Waals surface area contributed by atoms with Crippen LogP contribution in [-0.2, 0) is 16.1 Å². The second kappa shape index (κ2) is 8.53. The number of ether oxygens (including phenoxy) is 1. The van der Waals surface area contributed by atoms with Gasteiger partial charge in [-0.3, -0.25) is 9.69 Å². The van der Waals surface area contributed by atoms with Crippen molar-refractivity contribution >= 4 is 27.5 Å². The Bertz CT molecular complexity index is 634. The molecule has 130 valence electrons. The lowest BCUT2D eigenvalue weighted by Crippen LogP contribution is -2.50. The van der Waals surface area contributed by atoms with Gasteiger partial charge in [0.15, 0.2) is 0 Å². The Labute approximate surface area is 146 Å². The van der Waals surface area contributed by atoms with E-state index in [4.69, 9.17) is 9.72 Å². The number of aromatic nitrogens is 1. The summed E-state index contributed by atoms with van der Waals surface area (Å²) < 4.78 is 6.20. The summed E-state index contributed by atoms with van der Waals surface area (Å²) >= 11 is 1.76. The van der Waals surface area contributed by atoms with Gasteiger partial charge in [0.25, 0.3) is 0 Å². The van der Waals surface area contributed by atoms with Crippen LogP contribution in [0.3, 0.4) is 0 Å².